The number of hydrogen-bond donors (Lipinski definition) is 1. The third-order valence-electron chi connectivity index (χ3n) is 3.52. The molecular weight excluding hydrogens is 294 g/mol. The maximum atomic E-state index is 12.5. The summed E-state index contributed by atoms with van der Waals surface area (Å²) < 4.78 is 3.19. The number of nitrogens with zero attached hydrogens (tertiary/aromatic N) is 4. The van der Waals surface area contributed by atoms with Crippen molar-refractivity contribution in [1.82, 2.24) is 24.6 Å². The average Bonchev–Trinajstić information content (AvgIpc) is 2.95. The highest BCUT2D eigenvalue weighted by atomic mass is 16.1. The lowest BCUT2D eigenvalue weighted by molar-refractivity contribution is -0.118. The number of carbonyl (C=O) groups excluding carboxylic acids is 1. The Morgan fingerprint density at radius 2 is 2.04 bits per heavy atom. The van der Waals surface area contributed by atoms with Crippen LogP contribution in [0.25, 0.3) is 11.0 Å². The molecule has 1 amide bonds. The molecule has 2 aromatic heterocycles. The molecule has 3 rings (SSSR count). The van der Waals surface area contributed by atoms with Gasteiger partial charge in [0.2, 0.25) is 5.91 Å². The number of amides is 1. The maximum Gasteiger partial charge on any atom is 0.264 e. The molecule has 0 radical (unpaired) electrons. The average molecular weight is 311 g/mol. The van der Waals surface area contributed by atoms with E-state index in [0.717, 1.165) is 5.56 Å². The van der Waals surface area contributed by atoms with Gasteiger partial charge in [-0.15, -0.1) is 0 Å². The fourth-order valence-electron chi connectivity index (χ4n) is 2.39. The molecular formula is C16H17N5O2. The number of aromatic nitrogens is 4. The lowest BCUT2D eigenvalue weighted by Gasteiger charge is -2.06. The largest absolute Gasteiger partial charge is 0.354 e. The molecule has 1 aromatic carbocycles. The van der Waals surface area contributed by atoms with E-state index in [9.17, 15) is 9.59 Å². The van der Waals surface area contributed by atoms with E-state index >= 15 is 0 Å². The van der Waals surface area contributed by atoms with Crippen LogP contribution in [0.2, 0.25) is 0 Å². The van der Waals surface area contributed by atoms with Crippen molar-refractivity contribution < 1.29 is 4.79 Å². The van der Waals surface area contributed by atoms with E-state index in [2.05, 4.69) is 15.4 Å². The lowest BCUT2D eigenvalue weighted by atomic mass is 10.2. The summed E-state index contributed by atoms with van der Waals surface area (Å²) >= 11 is 0. The van der Waals surface area contributed by atoms with E-state index in [0.29, 0.717) is 30.7 Å². The van der Waals surface area contributed by atoms with Crippen LogP contribution in [0.3, 0.4) is 0 Å². The van der Waals surface area contributed by atoms with E-state index in [-0.39, 0.29) is 11.5 Å². The number of fused-ring (bicyclic) bond motifs is 1. The zero-order valence-corrected chi connectivity index (χ0v) is 12.8. The van der Waals surface area contributed by atoms with Crippen molar-refractivity contribution >= 4 is 16.9 Å². The molecule has 0 atom stereocenters. The van der Waals surface area contributed by atoms with Crippen LogP contribution in [0.15, 0.2) is 47.7 Å². The van der Waals surface area contributed by atoms with Crippen LogP contribution in [0, 0.1) is 0 Å². The number of carbonyl (C=O) groups is 1. The van der Waals surface area contributed by atoms with Gasteiger partial charge in [0.1, 0.15) is 11.7 Å². The summed E-state index contributed by atoms with van der Waals surface area (Å²) in [4.78, 5) is 27.8. The molecule has 0 bridgehead atoms. The van der Waals surface area contributed by atoms with Crippen LogP contribution in [-0.4, -0.2) is 31.8 Å². The standard InChI is InChI=1S/C16H17N5O2/c1-12(22)17-7-8-21-15-14(9-19-21)16(23)20(11-18-15)10-13-5-3-2-4-6-13/h2-6,9,11H,7-8,10H2,1H3,(H,17,22). The van der Waals surface area contributed by atoms with E-state index in [1.165, 1.54) is 19.4 Å². The van der Waals surface area contributed by atoms with Gasteiger partial charge in [0.05, 0.1) is 19.3 Å². The summed E-state index contributed by atoms with van der Waals surface area (Å²) in [6.07, 6.45) is 3.06. The van der Waals surface area contributed by atoms with Crippen molar-refractivity contribution in [3.05, 3.63) is 58.8 Å². The second-order valence-corrected chi connectivity index (χ2v) is 5.25. The molecule has 23 heavy (non-hydrogen) atoms. The van der Waals surface area contributed by atoms with Crippen molar-refractivity contribution in [2.45, 2.75) is 20.0 Å². The third kappa shape index (κ3) is 3.28. The van der Waals surface area contributed by atoms with Gasteiger partial charge in [-0.3, -0.25) is 14.2 Å². The molecule has 0 unspecified atom stereocenters. The third-order valence-corrected chi connectivity index (χ3v) is 3.52. The van der Waals surface area contributed by atoms with Crippen molar-refractivity contribution in [3.8, 4) is 0 Å². The molecule has 7 nitrogen and oxygen atoms in total. The first kappa shape index (κ1) is 15.0. The van der Waals surface area contributed by atoms with Crippen molar-refractivity contribution in [2.75, 3.05) is 6.54 Å². The van der Waals surface area contributed by atoms with Crippen LogP contribution in [-0.2, 0) is 17.9 Å². The molecule has 0 spiro atoms. The molecule has 0 aliphatic heterocycles. The maximum absolute atomic E-state index is 12.5. The zero-order valence-electron chi connectivity index (χ0n) is 12.8. The molecule has 2 heterocycles. The fourth-order valence-corrected chi connectivity index (χ4v) is 2.39. The van der Waals surface area contributed by atoms with Crippen LogP contribution < -0.4 is 10.9 Å². The zero-order chi connectivity index (χ0) is 16.2. The minimum absolute atomic E-state index is 0.0976. The summed E-state index contributed by atoms with van der Waals surface area (Å²) in [6, 6.07) is 9.74. The number of benzene rings is 1. The highest BCUT2D eigenvalue weighted by Crippen LogP contribution is 2.06. The van der Waals surface area contributed by atoms with Crippen LogP contribution >= 0.6 is 0 Å². The minimum Gasteiger partial charge on any atom is -0.354 e. The highest BCUT2D eigenvalue weighted by molar-refractivity contribution is 5.73. The molecule has 0 fully saturated rings. The molecule has 0 aliphatic carbocycles. The van der Waals surface area contributed by atoms with Gasteiger partial charge in [0.15, 0.2) is 5.65 Å². The second-order valence-electron chi connectivity index (χ2n) is 5.25. The molecule has 0 saturated heterocycles. The van der Waals surface area contributed by atoms with E-state index in [1.54, 1.807) is 9.25 Å². The molecule has 1 N–H and O–H groups in total. The first-order chi connectivity index (χ1) is 11.1. The summed E-state index contributed by atoms with van der Waals surface area (Å²) in [6.45, 7) is 2.85. The van der Waals surface area contributed by atoms with Gasteiger partial charge in [0, 0.05) is 13.5 Å². The Balaban J connectivity index is 1.86. The Kier molecular flexibility index (Phi) is 4.18. The predicted octanol–water partition coefficient (Wildman–Crippen LogP) is 0.777. The van der Waals surface area contributed by atoms with Crippen molar-refractivity contribution in [2.24, 2.45) is 0 Å². The Bertz CT molecular complexity index is 882. The summed E-state index contributed by atoms with van der Waals surface area (Å²) in [5.74, 6) is -0.0976. The van der Waals surface area contributed by atoms with E-state index < -0.39 is 0 Å². The van der Waals surface area contributed by atoms with Crippen molar-refractivity contribution in [1.29, 1.82) is 0 Å². The fraction of sp³-hybridized carbons (Fsp3) is 0.250. The summed E-state index contributed by atoms with van der Waals surface area (Å²) in [5, 5.41) is 7.36. The number of nitrogens with one attached hydrogen (secondary N) is 1. The lowest BCUT2D eigenvalue weighted by Crippen LogP contribution is -2.25. The quantitative estimate of drug-likeness (QED) is 0.755. The highest BCUT2D eigenvalue weighted by Gasteiger charge is 2.10. The Morgan fingerprint density at radius 1 is 1.26 bits per heavy atom. The van der Waals surface area contributed by atoms with Gasteiger partial charge >= 0.3 is 0 Å². The summed E-state index contributed by atoms with van der Waals surface area (Å²) in [7, 11) is 0. The first-order valence-corrected chi connectivity index (χ1v) is 7.34. The SMILES string of the molecule is CC(=O)NCCn1ncc2c(=O)n(Cc3ccccc3)cnc21. The number of rotatable bonds is 5. The van der Waals surface area contributed by atoms with Crippen molar-refractivity contribution in [3.63, 3.8) is 0 Å². The molecule has 0 aliphatic rings. The smallest absolute Gasteiger partial charge is 0.264 e. The topological polar surface area (TPSA) is 81.8 Å². The van der Waals surface area contributed by atoms with Crippen LogP contribution in [0.1, 0.15) is 12.5 Å². The summed E-state index contributed by atoms with van der Waals surface area (Å²) in [5.41, 5.74) is 1.45. The van der Waals surface area contributed by atoms with E-state index in [1.807, 2.05) is 30.3 Å². The minimum atomic E-state index is -0.121. The molecule has 0 saturated carbocycles. The predicted molar refractivity (Wildman–Crippen MR) is 86.0 cm³/mol. The number of hydrogen-bond acceptors (Lipinski definition) is 4. The monoisotopic (exact) mass is 311 g/mol. The van der Waals surface area contributed by atoms with Gasteiger partial charge < -0.3 is 5.32 Å². The van der Waals surface area contributed by atoms with Gasteiger partial charge in [-0.05, 0) is 5.56 Å². The van der Waals surface area contributed by atoms with E-state index in [4.69, 9.17) is 0 Å². The van der Waals surface area contributed by atoms with Crippen LogP contribution in [0.5, 0.6) is 0 Å². The van der Waals surface area contributed by atoms with Gasteiger partial charge in [-0.2, -0.15) is 5.10 Å². The van der Waals surface area contributed by atoms with Gasteiger partial charge in [0.25, 0.3) is 5.56 Å². The molecule has 7 heteroatoms. The van der Waals surface area contributed by atoms with Gasteiger partial charge in [-0.1, -0.05) is 30.3 Å². The first-order valence-electron chi connectivity index (χ1n) is 7.34. The molecule has 3 aromatic rings. The Morgan fingerprint density at radius 3 is 2.78 bits per heavy atom. The second kappa shape index (κ2) is 6.43. The van der Waals surface area contributed by atoms with Crippen LogP contribution in [0.4, 0.5) is 0 Å². The van der Waals surface area contributed by atoms with Gasteiger partial charge in [-0.25, -0.2) is 9.67 Å². The normalized spacial score (nSPS) is 10.8. The molecule has 118 valence electrons. The Hall–Kier alpha value is -2.96. The Labute approximate surface area is 132 Å².